The molecule has 0 N–H and O–H groups in total. The number of benzene rings is 16. The second kappa shape index (κ2) is 37.1. The highest BCUT2D eigenvalue weighted by molar-refractivity contribution is 5.85. The van der Waals surface area contributed by atoms with Crippen molar-refractivity contribution in [1.29, 1.82) is 0 Å². The van der Waals surface area contributed by atoms with Gasteiger partial charge in [-0.25, -0.2) is 0 Å². The van der Waals surface area contributed by atoms with Crippen LogP contribution in [0.3, 0.4) is 0 Å². The highest BCUT2D eigenvalue weighted by atomic mass is 15.2. The molecule has 0 atom stereocenters. The highest BCUT2D eigenvalue weighted by Gasteiger charge is 2.18. The summed E-state index contributed by atoms with van der Waals surface area (Å²) in [7, 11) is 0. The number of anilines is 12. The third kappa shape index (κ3) is 19.3. The molecule has 0 spiro atoms. The van der Waals surface area contributed by atoms with Gasteiger partial charge >= 0.3 is 0 Å². The molecule has 0 heterocycles. The van der Waals surface area contributed by atoms with Crippen LogP contribution in [-0.2, 0) is 0 Å². The van der Waals surface area contributed by atoms with E-state index in [0.29, 0.717) is 0 Å². The lowest BCUT2D eigenvalue weighted by atomic mass is 10.0. The van der Waals surface area contributed by atoms with Gasteiger partial charge in [0.1, 0.15) is 0 Å². The van der Waals surface area contributed by atoms with Crippen LogP contribution < -0.4 is 19.6 Å². The number of hydrogen-bond donors (Lipinski definition) is 0. The van der Waals surface area contributed by atoms with Crippen LogP contribution >= 0.6 is 0 Å². The summed E-state index contributed by atoms with van der Waals surface area (Å²) in [5.41, 5.74) is 27.3. The van der Waals surface area contributed by atoms with Gasteiger partial charge in [0.15, 0.2) is 0 Å². The maximum atomic E-state index is 2.30. The van der Waals surface area contributed by atoms with Crippen LogP contribution in [0.2, 0.25) is 0 Å². The van der Waals surface area contributed by atoms with Crippen molar-refractivity contribution < 1.29 is 0 Å². The summed E-state index contributed by atoms with van der Waals surface area (Å²) in [6, 6.07) is 154. The quantitative estimate of drug-likeness (QED) is 0.0441. The molecule has 4 heteroatoms. The van der Waals surface area contributed by atoms with Crippen molar-refractivity contribution in [3.63, 3.8) is 0 Å². The molecule has 0 aliphatic rings. The summed E-state index contributed by atoms with van der Waals surface area (Å²) in [6.07, 6.45) is 25.5. The first-order valence-electron chi connectivity index (χ1n) is 38.0. The average molecular weight is 1440 g/mol. The van der Waals surface area contributed by atoms with E-state index in [9.17, 15) is 0 Å². The van der Waals surface area contributed by atoms with Gasteiger partial charge in [-0.1, -0.05) is 364 Å². The molecule has 536 valence electrons. The van der Waals surface area contributed by atoms with Gasteiger partial charge in [-0.3, -0.25) is 0 Å². The van der Waals surface area contributed by atoms with Gasteiger partial charge in [0.25, 0.3) is 0 Å². The lowest BCUT2D eigenvalue weighted by Crippen LogP contribution is -2.10. The van der Waals surface area contributed by atoms with E-state index in [1.807, 2.05) is 24.3 Å². The number of nitrogens with zero attached hydrogens (tertiary/aromatic N) is 4. The third-order valence-corrected chi connectivity index (χ3v) is 19.3. The van der Waals surface area contributed by atoms with E-state index in [2.05, 4.69) is 505 Å². The van der Waals surface area contributed by atoms with Crippen molar-refractivity contribution in [3.05, 3.63) is 506 Å². The SMILES string of the molecule is C(/C=C/c1ccc(N(c2ccccc2)c2ccc(-c3ccc(N(c4ccccc4)c4ccc(/C=C/C=C/c5ccccc5)cc4)cc3)cc2)cc1)=C\c1ccccc1.C(=C\c1ccc(N(c2ccccc2)c2ccc(-c3ccc(N(c4ccccc4)c4ccc(/C=C/c5ccccc5)cc4)cc3)cc2)cc1)/c1ccccc1. The van der Waals surface area contributed by atoms with Gasteiger partial charge in [-0.15, -0.1) is 0 Å². The maximum Gasteiger partial charge on any atom is 0.0462 e. The van der Waals surface area contributed by atoms with Crippen LogP contribution in [0.5, 0.6) is 0 Å². The summed E-state index contributed by atoms with van der Waals surface area (Å²) in [5, 5.41) is 0. The van der Waals surface area contributed by atoms with Gasteiger partial charge in [0.2, 0.25) is 0 Å². The second-order valence-electron chi connectivity index (χ2n) is 27.0. The molecule has 0 amide bonds. The van der Waals surface area contributed by atoms with Gasteiger partial charge < -0.3 is 19.6 Å². The van der Waals surface area contributed by atoms with Crippen molar-refractivity contribution in [1.82, 2.24) is 0 Å². The molecule has 0 fully saturated rings. The van der Waals surface area contributed by atoms with Crippen LogP contribution in [0.15, 0.2) is 461 Å². The minimum atomic E-state index is 1.10. The molecule has 4 nitrogen and oxygen atoms in total. The van der Waals surface area contributed by atoms with Crippen molar-refractivity contribution in [2.45, 2.75) is 0 Å². The van der Waals surface area contributed by atoms with E-state index < -0.39 is 0 Å². The summed E-state index contributed by atoms with van der Waals surface area (Å²) >= 11 is 0. The van der Waals surface area contributed by atoms with Crippen LogP contribution in [0, 0.1) is 0 Å². The molecule has 0 bridgehead atoms. The normalized spacial score (nSPS) is 11.4. The molecule has 0 aromatic heterocycles. The lowest BCUT2D eigenvalue weighted by molar-refractivity contribution is 1.28. The molecule has 16 aromatic carbocycles. The van der Waals surface area contributed by atoms with Crippen LogP contribution in [0.4, 0.5) is 68.2 Å². The summed E-state index contributed by atoms with van der Waals surface area (Å²) < 4.78 is 0. The molecular formula is C108H84N4. The molecule has 16 rings (SSSR count). The minimum Gasteiger partial charge on any atom is -0.311 e. The van der Waals surface area contributed by atoms with Crippen molar-refractivity contribution in [2.75, 3.05) is 19.6 Å². The molecule has 16 aromatic rings. The van der Waals surface area contributed by atoms with E-state index in [-0.39, 0.29) is 0 Å². The predicted octanol–water partition coefficient (Wildman–Crippen LogP) is 30.4. The summed E-state index contributed by atoms with van der Waals surface area (Å²) in [6.45, 7) is 0. The zero-order valence-electron chi connectivity index (χ0n) is 62.3. The summed E-state index contributed by atoms with van der Waals surface area (Å²) in [4.78, 5) is 9.21. The molecular weight excluding hydrogens is 1350 g/mol. The Morgan fingerprint density at radius 2 is 0.232 bits per heavy atom. The first-order valence-corrected chi connectivity index (χ1v) is 38.0. The topological polar surface area (TPSA) is 13.0 Å². The standard InChI is InChI=1S/C56H44N2.C52H40N2/c1-5-17-45(18-6-1)21-13-15-23-47-29-37-53(38-30-47)57(51-25-9-3-10-26-51)55-41-33-49(34-42-55)50-35-43-56(44-36-50)58(52-27-11-4-12-28-52)54-39-31-48(32-40-54)24-16-14-22-46-19-7-2-8-20-46;1-5-13-41(14-6-1)21-23-43-25-33-49(34-26-43)53(47-17-9-3-10-18-47)51-37-29-45(30-38-51)46-31-39-52(40-32-46)54(48-19-11-4-12-20-48)50-35-27-44(28-36-50)24-22-42-15-7-2-8-16-42/h1-44H;1-40H/b21-13+,22-14+,23-15+,24-16+;23-21+,24-22+. The van der Waals surface area contributed by atoms with Crippen LogP contribution in [0.25, 0.3) is 70.9 Å². The van der Waals surface area contributed by atoms with Crippen LogP contribution in [-0.4, -0.2) is 0 Å². The number of allylic oxidation sites excluding steroid dienone is 4. The van der Waals surface area contributed by atoms with Gasteiger partial charge in [0.05, 0.1) is 0 Å². The Bertz CT molecular complexity index is 5370. The molecule has 112 heavy (non-hydrogen) atoms. The first-order chi connectivity index (χ1) is 55.5. The largest absolute Gasteiger partial charge is 0.311 e. The maximum absolute atomic E-state index is 2.30. The number of hydrogen-bond acceptors (Lipinski definition) is 4. The Hall–Kier alpha value is -14.8. The van der Waals surface area contributed by atoms with Crippen molar-refractivity contribution in [3.8, 4) is 22.3 Å². The van der Waals surface area contributed by atoms with E-state index in [4.69, 9.17) is 0 Å². The minimum absolute atomic E-state index is 1.10. The monoisotopic (exact) mass is 1440 g/mol. The highest BCUT2D eigenvalue weighted by Crippen LogP contribution is 2.42. The number of rotatable bonds is 24. The van der Waals surface area contributed by atoms with Gasteiger partial charge in [0, 0.05) is 68.2 Å². The fourth-order valence-electron chi connectivity index (χ4n) is 13.6. The lowest BCUT2D eigenvalue weighted by Gasteiger charge is -2.26. The van der Waals surface area contributed by atoms with Gasteiger partial charge in [-0.2, -0.15) is 0 Å². The Balaban J connectivity index is 0.000000178. The fraction of sp³-hybridized carbons (Fsp3) is 0. The first kappa shape index (κ1) is 72.7. The summed E-state index contributed by atoms with van der Waals surface area (Å²) in [5.74, 6) is 0. The second-order valence-corrected chi connectivity index (χ2v) is 27.0. The molecule has 0 unspecified atom stereocenters. The van der Waals surface area contributed by atoms with E-state index in [1.165, 1.54) is 33.4 Å². The zero-order valence-corrected chi connectivity index (χ0v) is 62.3. The smallest absolute Gasteiger partial charge is 0.0462 e. The molecule has 0 saturated heterocycles. The fourth-order valence-corrected chi connectivity index (χ4v) is 13.6. The van der Waals surface area contributed by atoms with E-state index >= 15 is 0 Å². The Morgan fingerprint density at radius 1 is 0.107 bits per heavy atom. The van der Waals surface area contributed by atoms with Crippen molar-refractivity contribution >= 4 is 117 Å². The van der Waals surface area contributed by atoms with E-state index in [1.54, 1.807) is 0 Å². The van der Waals surface area contributed by atoms with E-state index in [0.717, 1.165) is 102 Å². The third-order valence-electron chi connectivity index (χ3n) is 19.3. The Labute approximate surface area is 660 Å². The molecule has 0 aliphatic carbocycles. The Kier molecular flexibility index (Phi) is 24.1. The number of para-hydroxylation sites is 4. The Morgan fingerprint density at radius 3 is 0.411 bits per heavy atom. The van der Waals surface area contributed by atoms with Crippen LogP contribution in [0.1, 0.15) is 44.5 Å². The predicted molar refractivity (Wildman–Crippen MR) is 482 cm³/mol. The van der Waals surface area contributed by atoms with Gasteiger partial charge in [-0.05, 0) is 212 Å². The van der Waals surface area contributed by atoms with Crippen molar-refractivity contribution in [2.24, 2.45) is 0 Å². The molecule has 0 aliphatic heterocycles. The average Bonchev–Trinajstić information content (AvgIpc) is 0.805. The zero-order chi connectivity index (χ0) is 75.6. The molecule has 0 saturated carbocycles. The molecule has 0 radical (unpaired) electrons.